The minimum atomic E-state index is -0.387. The minimum Gasteiger partial charge on any atom is -0.508 e. The second kappa shape index (κ2) is 6.31. The number of ketones is 1. The van der Waals surface area contributed by atoms with Crippen molar-refractivity contribution in [2.24, 2.45) is 5.92 Å². The van der Waals surface area contributed by atoms with Crippen LogP contribution in [0.5, 0.6) is 5.75 Å². The maximum absolute atomic E-state index is 12.9. The number of hydrogen-bond donors (Lipinski definition) is 1. The quantitative estimate of drug-likeness (QED) is 0.872. The van der Waals surface area contributed by atoms with Crippen molar-refractivity contribution in [2.45, 2.75) is 31.2 Å². The zero-order valence-electron chi connectivity index (χ0n) is 13.8. The van der Waals surface area contributed by atoms with Crippen molar-refractivity contribution in [3.8, 4) is 5.75 Å². The van der Waals surface area contributed by atoms with E-state index in [4.69, 9.17) is 0 Å². The maximum atomic E-state index is 12.9. The van der Waals surface area contributed by atoms with Crippen molar-refractivity contribution < 1.29 is 14.7 Å². The molecule has 4 rings (SSSR count). The fraction of sp³-hybridized carbons (Fsp3) is 0.350. The molecule has 1 aromatic carbocycles. The molecule has 2 aromatic rings. The summed E-state index contributed by atoms with van der Waals surface area (Å²) in [6.45, 7) is 0.638. The number of pyridine rings is 1. The van der Waals surface area contributed by atoms with Gasteiger partial charge in [-0.2, -0.15) is 0 Å². The van der Waals surface area contributed by atoms with Gasteiger partial charge >= 0.3 is 0 Å². The van der Waals surface area contributed by atoms with Crippen LogP contribution in [0.2, 0.25) is 0 Å². The van der Waals surface area contributed by atoms with E-state index in [2.05, 4.69) is 4.98 Å². The van der Waals surface area contributed by atoms with Crippen molar-refractivity contribution in [1.82, 2.24) is 9.88 Å². The van der Waals surface area contributed by atoms with Crippen molar-refractivity contribution in [3.05, 3.63) is 59.9 Å². The first-order chi connectivity index (χ1) is 12.1. The van der Waals surface area contributed by atoms with Crippen LogP contribution in [0.3, 0.4) is 0 Å². The number of likely N-dealkylation sites (tertiary alicyclic amines) is 1. The Labute approximate surface area is 146 Å². The lowest BCUT2D eigenvalue weighted by molar-refractivity contribution is -0.132. The summed E-state index contributed by atoms with van der Waals surface area (Å²) in [6.07, 6.45) is 4.11. The molecule has 2 fully saturated rings. The Balaban J connectivity index is 1.47. The second-order valence-corrected chi connectivity index (χ2v) is 6.80. The van der Waals surface area contributed by atoms with Gasteiger partial charge in [-0.3, -0.25) is 14.6 Å². The van der Waals surface area contributed by atoms with Gasteiger partial charge in [-0.05, 0) is 55.7 Å². The molecular weight excluding hydrogens is 316 g/mol. The van der Waals surface area contributed by atoms with Crippen molar-refractivity contribution in [1.29, 1.82) is 0 Å². The zero-order chi connectivity index (χ0) is 17.4. The molecule has 1 aromatic heterocycles. The summed E-state index contributed by atoms with van der Waals surface area (Å²) >= 11 is 0. The summed E-state index contributed by atoms with van der Waals surface area (Å²) in [5, 5.41) is 9.38. The smallest absolute Gasteiger partial charge is 0.227 e. The number of carbonyl (C=O) groups is 2. The molecular formula is C20H20N2O3. The molecule has 1 unspecified atom stereocenters. The van der Waals surface area contributed by atoms with E-state index < -0.39 is 0 Å². The molecule has 25 heavy (non-hydrogen) atoms. The molecule has 1 N–H and O–H groups in total. The molecule has 0 spiro atoms. The van der Waals surface area contributed by atoms with Gasteiger partial charge in [0, 0.05) is 35.8 Å². The Kier molecular flexibility index (Phi) is 3.99. The number of aromatic nitrogens is 1. The Morgan fingerprint density at radius 3 is 2.64 bits per heavy atom. The topological polar surface area (TPSA) is 70.5 Å². The highest BCUT2D eigenvalue weighted by molar-refractivity contribution is 6.02. The third-order valence-corrected chi connectivity index (χ3v) is 5.17. The van der Waals surface area contributed by atoms with E-state index in [1.165, 1.54) is 12.1 Å². The first-order valence-electron chi connectivity index (χ1n) is 8.70. The number of benzene rings is 1. The fourth-order valence-corrected chi connectivity index (χ4v) is 3.72. The third-order valence-electron chi connectivity index (χ3n) is 5.17. The predicted molar refractivity (Wildman–Crippen MR) is 92.3 cm³/mol. The second-order valence-electron chi connectivity index (χ2n) is 6.80. The third kappa shape index (κ3) is 3.02. The highest BCUT2D eigenvalue weighted by Crippen LogP contribution is 2.48. The molecule has 128 valence electrons. The van der Waals surface area contributed by atoms with Gasteiger partial charge in [0.25, 0.3) is 0 Å². The van der Waals surface area contributed by atoms with E-state index >= 15 is 0 Å². The van der Waals surface area contributed by atoms with Crippen LogP contribution in [0.15, 0.2) is 48.7 Å². The molecule has 2 aliphatic rings. The van der Waals surface area contributed by atoms with E-state index in [1.807, 2.05) is 18.2 Å². The van der Waals surface area contributed by atoms with Gasteiger partial charge in [0.05, 0.1) is 6.04 Å². The first kappa shape index (κ1) is 15.8. The molecule has 1 saturated carbocycles. The number of nitrogens with zero attached hydrogens (tertiary/aromatic N) is 2. The van der Waals surface area contributed by atoms with Gasteiger partial charge in [0.15, 0.2) is 5.78 Å². The lowest BCUT2D eigenvalue weighted by Crippen LogP contribution is -2.41. The molecule has 1 amide bonds. The van der Waals surface area contributed by atoms with Gasteiger partial charge in [-0.25, -0.2) is 0 Å². The monoisotopic (exact) mass is 336 g/mol. The van der Waals surface area contributed by atoms with Gasteiger partial charge in [-0.15, -0.1) is 0 Å². The van der Waals surface area contributed by atoms with Gasteiger partial charge < -0.3 is 10.0 Å². The van der Waals surface area contributed by atoms with Gasteiger partial charge in [0.1, 0.15) is 5.75 Å². The lowest BCUT2D eigenvalue weighted by Gasteiger charge is -2.24. The SMILES string of the molecule is O=C(c1ccc(O)cc1)C1CCCN1C(=O)[C@@H]1C[C@H]1c1ccccn1. The van der Waals surface area contributed by atoms with Crippen LogP contribution in [0.25, 0.3) is 0 Å². The highest BCUT2D eigenvalue weighted by Gasteiger charge is 2.49. The summed E-state index contributed by atoms with van der Waals surface area (Å²) in [7, 11) is 0. The Bertz CT molecular complexity index is 788. The Morgan fingerprint density at radius 1 is 1.12 bits per heavy atom. The molecule has 1 aliphatic heterocycles. The number of phenolic OH excluding ortho intramolecular Hbond substituents is 1. The molecule has 5 heteroatoms. The van der Waals surface area contributed by atoms with E-state index in [-0.39, 0.29) is 35.3 Å². The summed E-state index contributed by atoms with van der Waals surface area (Å²) in [5.74, 6) is 0.292. The summed E-state index contributed by atoms with van der Waals surface area (Å²) in [5.41, 5.74) is 1.50. The predicted octanol–water partition coefficient (Wildman–Crippen LogP) is 2.76. The van der Waals surface area contributed by atoms with Crippen LogP contribution < -0.4 is 0 Å². The van der Waals surface area contributed by atoms with Crippen LogP contribution in [-0.4, -0.2) is 39.3 Å². The average molecular weight is 336 g/mol. The van der Waals surface area contributed by atoms with Gasteiger partial charge in [0.2, 0.25) is 5.91 Å². The number of amides is 1. The summed E-state index contributed by atoms with van der Waals surface area (Å²) in [6, 6.07) is 11.6. The lowest BCUT2D eigenvalue weighted by atomic mass is 10.0. The molecule has 1 saturated heterocycles. The molecule has 3 atom stereocenters. The van der Waals surface area contributed by atoms with Crippen LogP contribution in [-0.2, 0) is 4.79 Å². The van der Waals surface area contributed by atoms with Crippen molar-refractivity contribution in [3.63, 3.8) is 0 Å². The number of Topliss-reactive ketones (excluding diaryl/α,β-unsaturated/α-hetero) is 1. The number of hydrogen-bond acceptors (Lipinski definition) is 4. The standard InChI is InChI=1S/C20H20N2O3/c23-14-8-6-13(7-9-14)19(24)18-5-3-11-22(18)20(25)16-12-15(16)17-4-1-2-10-21-17/h1-2,4,6-10,15-16,18,23H,3,5,11-12H2/t15-,16-,18?/m1/s1. The van der Waals surface area contributed by atoms with Crippen LogP contribution >= 0.6 is 0 Å². The first-order valence-corrected chi connectivity index (χ1v) is 8.70. The van der Waals surface area contributed by atoms with Crippen LogP contribution in [0.1, 0.15) is 41.2 Å². The summed E-state index contributed by atoms with van der Waals surface area (Å²) in [4.78, 5) is 31.8. The molecule has 0 radical (unpaired) electrons. The number of carbonyl (C=O) groups excluding carboxylic acids is 2. The fourth-order valence-electron chi connectivity index (χ4n) is 3.72. The molecule has 1 aliphatic carbocycles. The zero-order valence-corrected chi connectivity index (χ0v) is 13.8. The maximum Gasteiger partial charge on any atom is 0.227 e. The van der Waals surface area contributed by atoms with Crippen molar-refractivity contribution in [2.75, 3.05) is 6.54 Å². The minimum absolute atomic E-state index is 0.0408. The number of aromatic hydroxyl groups is 1. The normalized spacial score (nSPS) is 25.0. The van der Waals surface area contributed by atoms with E-state index in [0.717, 1.165) is 18.5 Å². The van der Waals surface area contributed by atoms with Crippen LogP contribution in [0, 0.1) is 5.92 Å². The van der Waals surface area contributed by atoms with Gasteiger partial charge in [-0.1, -0.05) is 6.07 Å². The molecule has 5 nitrogen and oxygen atoms in total. The molecule has 2 heterocycles. The van der Waals surface area contributed by atoms with Crippen LogP contribution in [0.4, 0.5) is 0 Å². The molecule has 0 bridgehead atoms. The average Bonchev–Trinajstić information content (AvgIpc) is 3.30. The van der Waals surface area contributed by atoms with E-state index in [1.54, 1.807) is 23.2 Å². The highest BCUT2D eigenvalue weighted by atomic mass is 16.3. The number of rotatable bonds is 4. The Hall–Kier alpha value is -2.69. The van der Waals surface area contributed by atoms with Crippen molar-refractivity contribution >= 4 is 11.7 Å². The Morgan fingerprint density at radius 2 is 1.92 bits per heavy atom. The number of phenols is 1. The van der Waals surface area contributed by atoms with E-state index in [9.17, 15) is 14.7 Å². The summed E-state index contributed by atoms with van der Waals surface area (Å²) < 4.78 is 0. The largest absolute Gasteiger partial charge is 0.508 e. The van der Waals surface area contributed by atoms with E-state index in [0.29, 0.717) is 18.5 Å².